The molecule has 0 aliphatic heterocycles. The van der Waals surface area contributed by atoms with Crippen molar-refractivity contribution in [3.8, 4) is 0 Å². The van der Waals surface area contributed by atoms with Gasteiger partial charge in [-0.15, -0.1) is 0 Å². The topological polar surface area (TPSA) is 97.6 Å². The average molecular weight is 410 g/mol. The van der Waals surface area contributed by atoms with Gasteiger partial charge in [-0.25, -0.2) is 9.18 Å². The van der Waals surface area contributed by atoms with E-state index in [0.29, 0.717) is 11.3 Å². The number of carbonyl (C=O) groups excluding carboxylic acids is 3. The first-order valence-corrected chi connectivity index (χ1v) is 9.07. The number of nitrogens with one attached hydrogen (secondary N) is 2. The Hall–Kier alpha value is -3.94. The summed E-state index contributed by atoms with van der Waals surface area (Å²) < 4.78 is 23.6. The van der Waals surface area contributed by atoms with Gasteiger partial charge in [-0.1, -0.05) is 24.3 Å². The number of amides is 2. The van der Waals surface area contributed by atoms with Crippen LogP contribution in [0.1, 0.15) is 32.0 Å². The normalized spacial score (nSPS) is 10.3. The van der Waals surface area contributed by atoms with Crippen molar-refractivity contribution in [3.63, 3.8) is 0 Å². The monoisotopic (exact) mass is 410 g/mol. The molecule has 0 fully saturated rings. The van der Waals surface area contributed by atoms with Crippen LogP contribution >= 0.6 is 0 Å². The average Bonchev–Trinajstić information content (AvgIpc) is 3.28. The number of aryl methyl sites for hydroxylation is 1. The van der Waals surface area contributed by atoms with E-state index >= 15 is 0 Å². The van der Waals surface area contributed by atoms with E-state index in [2.05, 4.69) is 10.6 Å². The van der Waals surface area contributed by atoms with Gasteiger partial charge in [-0.3, -0.25) is 9.59 Å². The molecule has 0 unspecified atom stereocenters. The van der Waals surface area contributed by atoms with Crippen LogP contribution in [-0.4, -0.2) is 24.4 Å². The summed E-state index contributed by atoms with van der Waals surface area (Å²) in [6, 6.07) is 13.8. The minimum Gasteiger partial charge on any atom is -0.459 e. The third-order valence-corrected chi connectivity index (χ3v) is 4.23. The number of furan rings is 1. The molecule has 1 aromatic heterocycles. The molecule has 0 saturated heterocycles. The number of rotatable bonds is 7. The Bertz CT molecular complexity index is 1060. The van der Waals surface area contributed by atoms with Gasteiger partial charge < -0.3 is 19.8 Å². The van der Waals surface area contributed by atoms with Crippen LogP contribution < -0.4 is 10.6 Å². The fraction of sp³-hybridized carbons (Fsp3) is 0.136. The summed E-state index contributed by atoms with van der Waals surface area (Å²) in [5.41, 5.74) is 1.63. The van der Waals surface area contributed by atoms with E-state index in [1.54, 1.807) is 37.3 Å². The minimum atomic E-state index is -0.732. The van der Waals surface area contributed by atoms with Crippen LogP contribution in [0.2, 0.25) is 0 Å². The fourth-order valence-electron chi connectivity index (χ4n) is 2.58. The first kappa shape index (κ1) is 20.8. The number of hydrogen-bond acceptors (Lipinski definition) is 5. The number of benzene rings is 2. The maximum absolute atomic E-state index is 13.6. The molecular formula is C22H19FN2O5. The SMILES string of the molecule is Cc1ccc(C(=O)OCC(=O)NCc2ccccc2F)cc1NC(=O)c1ccco1. The molecule has 0 radical (unpaired) electrons. The first-order chi connectivity index (χ1) is 14.4. The second kappa shape index (κ2) is 9.51. The molecule has 2 aromatic carbocycles. The van der Waals surface area contributed by atoms with E-state index in [4.69, 9.17) is 9.15 Å². The Kier molecular flexibility index (Phi) is 6.59. The Morgan fingerprint density at radius 1 is 1.07 bits per heavy atom. The molecule has 3 rings (SSSR count). The van der Waals surface area contributed by atoms with Gasteiger partial charge in [0.25, 0.3) is 11.8 Å². The van der Waals surface area contributed by atoms with Crippen molar-refractivity contribution in [1.29, 1.82) is 0 Å². The van der Waals surface area contributed by atoms with E-state index < -0.39 is 30.2 Å². The molecule has 8 heteroatoms. The van der Waals surface area contributed by atoms with E-state index in [9.17, 15) is 18.8 Å². The lowest BCUT2D eigenvalue weighted by atomic mass is 10.1. The highest BCUT2D eigenvalue weighted by Gasteiger charge is 2.15. The highest BCUT2D eigenvalue weighted by atomic mass is 19.1. The van der Waals surface area contributed by atoms with Crippen molar-refractivity contribution < 1.29 is 27.9 Å². The lowest BCUT2D eigenvalue weighted by Gasteiger charge is -2.10. The lowest BCUT2D eigenvalue weighted by Crippen LogP contribution is -2.28. The summed E-state index contributed by atoms with van der Waals surface area (Å²) in [6.45, 7) is 1.23. The van der Waals surface area contributed by atoms with Crippen molar-refractivity contribution in [2.75, 3.05) is 11.9 Å². The molecule has 154 valence electrons. The Morgan fingerprint density at radius 2 is 1.87 bits per heavy atom. The Labute approximate surface area is 171 Å². The summed E-state index contributed by atoms with van der Waals surface area (Å²) in [5, 5.41) is 5.15. The molecule has 0 atom stereocenters. The third-order valence-electron chi connectivity index (χ3n) is 4.23. The second-order valence-electron chi connectivity index (χ2n) is 6.41. The summed E-state index contributed by atoms with van der Waals surface area (Å²) in [5.74, 6) is -2.05. The van der Waals surface area contributed by atoms with Gasteiger partial charge in [0.15, 0.2) is 12.4 Å². The number of ether oxygens (including phenoxy) is 1. The predicted molar refractivity (Wildman–Crippen MR) is 106 cm³/mol. The van der Waals surface area contributed by atoms with E-state index in [-0.39, 0.29) is 17.9 Å². The number of hydrogen-bond donors (Lipinski definition) is 2. The van der Waals surface area contributed by atoms with Gasteiger partial charge in [0.05, 0.1) is 11.8 Å². The summed E-state index contributed by atoms with van der Waals surface area (Å²) in [4.78, 5) is 36.3. The second-order valence-corrected chi connectivity index (χ2v) is 6.41. The quantitative estimate of drug-likeness (QED) is 0.582. The molecule has 0 spiro atoms. The van der Waals surface area contributed by atoms with Crippen molar-refractivity contribution in [3.05, 3.63) is 89.1 Å². The van der Waals surface area contributed by atoms with Gasteiger partial charge in [-0.05, 0) is 42.8 Å². The molecular weight excluding hydrogens is 391 g/mol. The largest absolute Gasteiger partial charge is 0.459 e. The van der Waals surface area contributed by atoms with Crippen LogP contribution in [0.4, 0.5) is 10.1 Å². The lowest BCUT2D eigenvalue weighted by molar-refractivity contribution is -0.124. The maximum Gasteiger partial charge on any atom is 0.338 e. The number of carbonyl (C=O) groups is 3. The predicted octanol–water partition coefficient (Wildman–Crippen LogP) is 3.45. The number of anilines is 1. The number of halogens is 1. The van der Waals surface area contributed by atoms with Gasteiger partial charge in [0.2, 0.25) is 0 Å². The van der Waals surface area contributed by atoms with E-state index in [0.717, 1.165) is 5.56 Å². The molecule has 3 aromatic rings. The molecule has 7 nitrogen and oxygen atoms in total. The van der Waals surface area contributed by atoms with Crippen molar-refractivity contribution in [1.82, 2.24) is 5.32 Å². The third kappa shape index (κ3) is 5.32. The standard InChI is InChI=1S/C22H19FN2O5/c1-14-8-9-15(11-18(14)25-21(27)19-7-4-10-29-19)22(28)30-13-20(26)24-12-16-5-2-3-6-17(16)23/h2-11H,12-13H2,1H3,(H,24,26)(H,25,27). The first-order valence-electron chi connectivity index (χ1n) is 9.07. The summed E-state index contributed by atoms with van der Waals surface area (Å²) in [7, 11) is 0. The van der Waals surface area contributed by atoms with Gasteiger partial charge in [-0.2, -0.15) is 0 Å². The van der Waals surface area contributed by atoms with Crippen molar-refractivity contribution in [2.24, 2.45) is 0 Å². The zero-order chi connectivity index (χ0) is 21.5. The highest BCUT2D eigenvalue weighted by molar-refractivity contribution is 6.03. The molecule has 0 bridgehead atoms. The van der Waals surface area contributed by atoms with E-state index in [1.165, 1.54) is 30.5 Å². The van der Waals surface area contributed by atoms with Crippen LogP contribution in [0.5, 0.6) is 0 Å². The number of esters is 1. The Morgan fingerprint density at radius 3 is 2.60 bits per heavy atom. The maximum atomic E-state index is 13.6. The molecule has 0 aliphatic rings. The van der Waals surface area contributed by atoms with Gasteiger partial charge in [0.1, 0.15) is 5.82 Å². The van der Waals surface area contributed by atoms with Crippen molar-refractivity contribution in [2.45, 2.75) is 13.5 Å². The van der Waals surface area contributed by atoms with Crippen LogP contribution in [0, 0.1) is 12.7 Å². The molecule has 1 heterocycles. The van der Waals surface area contributed by atoms with Gasteiger partial charge >= 0.3 is 5.97 Å². The molecule has 2 amide bonds. The smallest absolute Gasteiger partial charge is 0.338 e. The Balaban J connectivity index is 1.55. The molecule has 0 aliphatic carbocycles. The van der Waals surface area contributed by atoms with Crippen LogP contribution in [0.3, 0.4) is 0 Å². The molecule has 0 saturated carbocycles. The minimum absolute atomic E-state index is 0.0173. The highest BCUT2D eigenvalue weighted by Crippen LogP contribution is 2.19. The zero-order valence-electron chi connectivity index (χ0n) is 16.1. The van der Waals surface area contributed by atoms with Gasteiger partial charge in [0, 0.05) is 17.8 Å². The van der Waals surface area contributed by atoms with E-state index in [1.807, 2.05) is 0 Å². The molecule has 30 heavy (non-hydrogen) atoms. The van der Waals surface area contributed by atoms with Crippen LogP contribution in [0.25, 0.3) is 0 Å². The van der Waals surface area contributed by atoms with Crippen LogP contribution in [0.15, 0.2) is 65.3 Å². The zero-order valence-corrected chi connectivity index (χ0v) is 16.1. The summed E-state index contributed by atoms with van der Waals surface area (Å²) >= 11 is 0. The van der Waals surface area contributed by atoms with Crippen molar-refractivity contribution >= 4 is 23.5 Å². The fourth-order valence-corrected chi connectivity index (χ4v) is 2.58. The molecule has 2 N–H and O–H groups in total. The summed E-state index contributed by atoms with van der Waals surface area (Å²) in [6.07, 6.45) is 1.38. The van der Waals surface area contributed by atoms with Crippen LogP contribution in [-0.2, 0) is 16.1 Å².